The molecular formula is C17H34N2O. The lowest BCUT2D eigenvalue weighted by Gasteiger charge is -2.51. The zero-order valence-electron chi connectivity index (χ0n) is 14.0. The van der Waals surface area contributed by atoms with E-state index in [-0.39, 0.29) is 11.1 Å². The van der Waals surface area contributed by atoms with Crippen LogP contribution < -0.4 is 5.73 Å². The maximum Gasteiger partial charge on any atom is 0.0670 e. The van der Waals surface area contributed by atoms with Gasteiger partial charge in [0.15, 0.2) is 0 Å². The van der Waals surface area contributed by atoms with Crippen LogP contribution in [0.25, 0.3) is 0 Å². The zero-order chi connectivity index (χ0) is 14.9. The largest absolute Gasteiger partial charge is 0.375 e. The lowest BCUT2D eigenvalue weighted by atomic mass is 9.77. The molecule has 2 heterocycles. The Kier molecular flexibility index (Phi) is 4.83. The average molecular weight is 282 g/mol. The average Bonchev–Trinajstić information content (AvgIpc) is 2.60. The van der Waals surface area contributed by atoms with E-state index >= 15 is 0 Å². The van der Waals surface area contributed by atoms with Gasteiger partial charge >= 0.3 is 0 Å². The third kappa shape index (κ3) is 3.37. The van der Waals surface area contributed by atoms with Crippen LogP contribution in [0.15, 0.2) is 0 Å². The zero-order valence-corrected chi connectivity index (χ0v) is 14.0. The van der Waals surface area contributed by atoms with Crippen molar-refractivity contribution in [3.05, 3.63) is 0 Å². The van der Waals surface area contributed by atoms with Gasteiger partial charge in [-0.3, -0.25) is 4.90 Å². The minimum atomic E-state index is 0.0133. The summed E-state index contributed by atoms with van der Waals surface area (Å²) in [4.78, 5) is 2.71. The smallest absolute Gasteiger partial charge is 0.0670 e. The van der Waals surface area contributed by atoms with E-state index in [1.807, 2.05) is 0 Å². The van der Waals surface area contributed by atoms with Gasteiger partial charge in [-0.15, -0.1) is 0 Å². The molecule has 2 aliphatic rings. The van der Waals surface area contributed by atoms with Gasteiger partial charge in [-0.05, 0) is 64.0 Å². The van der Waals surface area contributed by atoms with E-state index in [0.717, 1.165) is 32.4 Å². The van der Waals surface area contributed by atoms with Crippen molar-refractivity contribution in [1.29, 1.82) is 0 Å². The summed E-state index contributed by atoms with van der Waals surface area (Å²) in [5.41, 5.74) is 6.94. The van der Waals surface area contributed by atoms with Gasteiger partial charge in [0.25, 0.3) is 0 Å². The Hall–Kier alpha value is -0.120. The molecule has 2 aliphatic heterocycles. The highest BCUT2D eigenvalue weighted by atomic mass is 16.5. The third-order valence-corrected chi connectivity index (χ3v) is 5.86. The van der Waals surface area contributed by atoms with Crippen LogP contribution in [-0.4, -0.2) is 42.3 Å². The SMILES string of the molecule is CCC1(C)CC(CN)(N2CCCC(C)(C)CC2)CCO1. The number of likely N-dealkylation sites (tertiary alicyclic amines) is 1. The molecule has 0 amide bonds. The molecule has 0 saturated carbocycles. The molecule has 20 heavy (non-hydrogen) atoms. The van der Waals surface area contributed by atoms with Crippen LogP contribution >= 0.6 is 0 Å². The quantitative estimate of drug-likeness (QED) is 0.864. The molecule has 118 valence electrons. The van der Waals surface area contributed by atoms with E-state index in [1.165, 1.54) is 32.4 Å². The van der Waals surface area contributed by atoms with Crippen molar-refractivity contribution in [3.8, 4) is 0 Å². The molecule has 2 fully saturated rings. The van der Waals surface area contributed by atoms with Gasteiger partial charge in [-0.2, -0.15) is 0 Å². The summed E-state index contributed by atoms with van der Waals surface area (Å²) in [7, 11) is 0. The van der Waals surface area contributed by atoms with Crippen LogP contribution in [0.1, 0.15) is 66.2 Å². The number of hydrogen-bond donors (Lipinski definition) is 1. The molecule has 0 aromatic rings. The second kappa shape index (κ2) is 5.94. The number of rotatable bonds is 3. The van der Waals surface area contributed by atoms with Crippen LogP contribution in [0.3, 0.4) is 0 Å². The summed E-state index contributed by atoms with van der Waals surface area (Å²) in [6, 6.07) is 0. The van der Waals surface area contributed by atoms with Crippen LogP contribution in [0, 0.1) is 5.41 Å². The Bertz CT molecular complexity index is 331. The van der Waals surface area contributed by atoms with E-state index in [4.69, 9.17) is 10.5 Å². The highest BCUT2D eigenvalue weighted by molar-refractivity contribution is 5.01. The Morgan fingerprint density at radius 1 is 1.10 bits per heavy atom. The molecule has 3 nitrogen and oxygen atoms in total. The van der Waals surface area contributed by atoms with E-state index < -0.39 is 0 Å². The first-order chi connectivity index (χ1) is 9.35. The number of nitrogens with zero attached hydrogens (tertiary/aromatic N) is 1. The molecule has 0 aromatic heterocycles. The molecule has 2 rings (SSSR count). The minimum Gasteiger partial charge on any atom is -0.375 e. The Labute approximate surface area is 125 Å². The van der Waals surface area contributed by atoms with Crippen LogP contribution in [0.4, 0.5) is 0 Å². The first-order valence-electron chi connectivity index (χ1n) is 8.44. The molecule has 0 bridgehead atoms. The van der Waals surface area contributed by atoms with Crippen molar-refractivity contribution in [2.45, 2.75) is 77.4 Å². The second-order valence-corrected chi connectivity index (χ2v) is 8.01. The van der Waals surface area contributed by atoms with E-state index in [2.05, 4.69) is 32.6 Å². The number of hydrogen-bond acceptors (Lipinski definition) is 3. The monoisotopic (exact) mass is 282 g/mol. The van der Waals surface area contributed by atoms with Crippen LogP contribution in [0.2, 0.25) is 0 Å². The lowest BCUT2D eigenvalue weighted by molar-refractivity contribution is -0.129. The summed E-state index contributed by atoms with van der Waals surface area (Å²) < 4.78 is 6.05. The fourth-order valence-electron chi connectivity index (χ4n) is 4.02. The molecule has 0 radical (unpaired) electrons. The van der Waals surface area contributed by atoms with Gasteiger partial charge in [0.2, 0.25) is 0 Å². The van der Waals surface area contributed by atoms with Gasteiger partial charge < -0.3 is 10.5 Å². The van der Waals surface area contributed by atoms with E-state index in [0.29, 0.717) is 5.41 Å². The summed E-state index contributed by atoms with van der Waals surface area (Å²) in [6.45, 7) is 13.4. The molecule has 3 heteroatoms. The molecule has 2 unspecified atom stereocenters. The molecule has 0 spiro atoms. The highest BCUT2D eigenvalue weighted by Crippen LogP contribution is 2.40. The van der Waals surface area contributed by atoms with Crippen molar-refractivity contribution >= 4 is 0 Å². The first-order valence-corrected chi connectivity index (χ1v) is 8.44. The Morgan fingerprint density at radius 2 is 1.85 bits per heavy atom. The molecule has 2 saturated heterocycles. The molecular weight excluding hydrogens is 248 g/mol. The third-order valence-electron chi connectivity index (χ3n) is 5.86. The van der Waals surface area contributed by atoms with Crippen molar-refractivity contribution < 1.29 is 4.74 Å². The first kappa shape index (κ1) is 16.3. The fourth-order valence-corrected chi connectivity index (χ4v) is 4.02. The minimum absolute atomic E-state index is 0.0133. The predicted molar refractivity (Wildman–Crippen MR) is 84.9 cm³/mol. The maximum absolute atomic E-state index is 6.27. The van der Waals surface area contributed by atoms with Crippen molar-refractivity contribution in [1.82, 2.24) is 4.90 Å². The highest BCUT2D eigenvalue weighted by Gasteiger charge is 2.45. The standard InChI is InChI=1S/C17H34N2O/c1-5-16(4)13-17(14-18,9-12-20-16)19-10-6-7-15(2,3)8-11-19/h5-14,18H2,1-4H3. The molecule has 0 aliphatic carbocycles. The van der Waals surface area contributed by atoms with Crippen LogP contribution in [0.5, 0.6) is 0 Å². The summed E-state index contributed by atoms with van der Waals surface area (Å²) in [5.74, 6) is 0. The molecule has 2 atom stereocenters. The predicted octanol–water partition coefficient (Wildman–Crippen LogP) is 3.18. The van der Waals surface area contributed by atoms with Gasteiger partial charge in [-0.1, -0.05) is 20.8 Å². The summed E-state index contributed by atoms with van der Waals surface area (Å²) in [6.07, 6.45) is 7.20. The topological polar surface area (TPSA) is 38.5 Å². The second-order valence-electron chi connectivity index (χ2n) is 8.01. The fraction of sp³-hybridized carbons (Fsp3) is 1.00. The van der Waals surface area contributed by atoms with Gasteiger partial charge in [0.1, 0.15) is 0 Å². The van der Waals surface area contributed by atoms with Gasteiger partial charge in [0, 0.05) is 18.7 Å². The maximum atomic E-state index is 6.27. The van der Waals surface area contributed by atoms with Gasteiger partial charge in [0.05, 0.1) is 5.60 Å². The van der Waals surface area contributed by atoms with E-state index in [9.17, 15) is 0 Å². The summed E-state index contributed by atoms with van der Waals surface area (Å²) in [5, 5.41) is 0. The Morgan fingerprint density at radius 3 is 2.50 bits per heavy atom. The van der Waals surface area contributed by atoms with Crippen LogP contribution in [-0.2, 0) is 4.74 Å². The summed E-state index contributed by atoms with van der Waals surface area (Å²) >= 11 is 0. The van der Waals surface area contributed by atoms with Crippen molar-refractivity contribution in [3.63, 3.8) is 0 Å². The lowest BCUT2D eigenvalue weighted by Crippen LogP contribution is -2.61. The molecule has 0 aromatic carbocycles. The normalized spacial score (nSPS) is 39.5. The van der Waals surface area contributed by atoms with E-state index in [1.54, 1.807) is 0 Å². The van der Waals surface area contributed by atoms with Crippen molar-refractivity contribution in [2.75, 3.05) is 26.2 Å². The van der Waals surface area contributed by atoms with Crippen molar-refractivity contribution in [2.24, 2.45) is 11.1 Å². The molecule has 2 N–H and O–H groups in total. The number of ether oxygens (including phenoxy) is 1. The number of nitrogens with two attached hydrogens (primary N) is 1. The Balaban J connectivity index is 2.14. The van der Waals surface area contributed by atoms with Gasteiger partial charge in [-0.25, -0.2) is 0 Å².